The van der Waals surface area contributed by atoms with Gasteiger partial charge in [-0.3, -0.25) is 14.5 Å². The van der Waals surface area contributed by atoms with E-state index in [0.717, 1.165) is 5.56 Å². The first-order valence-electron chi connectivity index (χ1n) is 10.1. The van der Waals surface area contributed by atoms with Crippen molar-refractivity contribution in [1.82, 2.24) is 19.9 Å². The van der Waals surface area contributed by atoms with Crippen LogP contribution in [0.2, 0.25) is 0 Å². The van der Waals surface area contributed by atoms with Crippen LogP contribution in [0.1, 0.15) is 51.7 Å². The summed E-state index contributed by atoms with van der Waals surface area (Å²) >= 11 is 0. The van der Waals surface area contributed by atoms with Crippen molar-refractivity contribution in [3.63, 3.8) is 0 Å². The number of nitrogens with zero attached hydrogens (tertiary/aromatic N) is 4. The fraction of sp³-hybridized carbons (Fsp3) is 0.167. The molecule has 2 amide bonds. The van der Waals surface area contributed by atoms with E-state index in [1.807, 2.05) is 43.3 Å². The summed E-state index contributed by atoms with van der Waals surface area (Å²) in [7, 11) is 0. The van der Waals surface area contributed by atoms with Crippen molar-refractivity contribution in [2.24, 2.45) is 0 Å². The summed E-state index contributed by atoms with van der Waals surface area (Å²) < 4.78 is 0. The molecule has 3 aromatic carbocycles. The van der Waals surface area contributed by atoms with Crippen LogP contribution in [0.4, 0.5) is 0 Å². The van der Waals surface area contributed by atoms with E-state index in [1.165, 1.54) is 9.70 Å². The first-order chi connectivity index (χ1) is 15.0. The maximum Gasteiger partial charge on any atom is 0.262 e. The third kappa shape index (κ3) is 2.89. The van der Waals surface area contributed by atoms with Crippen LogP contribution >= 0.6 is 0 Å². The summed E-state index contributed by atoms with van der Waals surface area (Å²) in [6, 6.07) is 17.2. The highest BCUT2D eigenvalue weighted by Crippen LogP contribution is 2.38. The van der Waals surface area contributed by atoms with E-state index >= 15 is 0 Å². The predicted molar refractivity (Wildman–Crippen MR) is 115 cm³/mol. The molecule has 0 saturated heterocycles. The van der Waals surface area contributed by atoms with Crippen molar-refractivity contribution in [2.45, 2.75) is 26.3 Å². The van der Waals surface area contributed by atoms with Gasteiger partial charge in [-0.1, -0.05) is 31.2 Å². The molecule has 0 aliphatic carbocycles. The van der Waals surface area contributed by atoms with Crippen molar-refractivity contribution in [3.8, 4) is 11.4 Å². The summed E-state index contributed by atoms with van der Waals surface area (Å²) in [6.07, 6.45) is 0.704. The van der Waals surface area contributed by atoms with Gasteiger partial charge in [0.2, 0.25) is 0 Å². The molecule has 7 nitrogen and oxygen atoms in total. The van der Waals surface area contributed by atoms with Crippen molar-refractivity contribution in [1.29, 1.82) is 0 Å². The van der Waals surface area contributed by atoms with Crippen molar-refractivity contribution < 1.29 is 14.7 Å². The van der Waals surface area contributed by atoms with Gasteiger partial charge in [-0.15, -0.1) is 15.0 Å². The Morgan fingerprint density at radius 1 is 0.903 bits per heavy atom. The summed E-state index contributed by atoms with van der Waals surface area (Å²) in [4.78, 5) is 28.5. The molecule has 0 spiro atoms. The Hall–Kier alpha value is -4.00. The standard InChI is InChI=1S/C24H20N4O3/c1-3-15-12-18(14(2)27-23(30)16-8-4-5-9-17(16)24(27)31)22(29)21(13-15)28-25-19-10-6-7-11-20(19)26-28/h4-14,29H,3H2,1-2H3. The highest BCUT2D eigenvalue weighted by molar-refractivity contribution is 6.21. The Morgan fingerprint density at radius 3 is 2.00 bits per heavy atom. The molecule has 1 aliphatic rings. The number of phenols is 1. The van der Waals surface area contributed by atoms with Crippen molar-refractivity contribution in [2.75, 3.05) is 0 Å². The SMILES string of the molecule is CCc1cc(C(C)N2C(=O)c3ccccc3C2=O)c(O)c(-n2nc3ccccc3n2)c1. The van der Waals surface area contributed by atoms with Gasteiger partial charge in [-0.2, -0.15) is 0 Å². The molecule has 1 N–H and O–H groups in total. The molecular weight excluding hydrogens is 392 g/mol. The Bertz CT molecular complexity index is 1290. The Morgan fingerprint density at radius 2 is 1.45 bits per heavy atom. The highest BCUT2D eigenvalue weighted by atomic mass is 16.3. The van der Waals surface area contributed by atoms with Crippen LogP contribution in [0, 0.1) is 0 Å². The molecule has 0 fully saturated rings. The van der Waals surface area contributed by atoms with E-state index in [4.69, 9.17) is 0 Å². The largest absolute Gasteiger partial charge is 0.505 e. The fourth-order valence-electron chi connectivity index (χ4n) is 4.04. The number of aryl methyl sites for hydroxylation is 1. The monoisotopic (exact) mass is 412 g/mol. The summed E-state index contributed by atoms with van der Waals surface area (Å²) in [6.45, 7) is 3.74. The second kappa shape index (κ2) is 7.05. The van der Waals surface area contributed by atoms with Crippen LogP contribution < -0.4 is 0 Å². The number of benzene rings is 3. The van der Waals surface area contributed by atoms with Crippen molar-refractivity contribution in [3.05, 3.63) is 82.9 Å². The topological polar surface area (TPSA) is 88.3 Å². The molecule has 1 atom stereocenters. The number of hydrogen-bond acceptors (Lipinski definition) is 5. The maximum absolute atomic E-state index is 13.0. The lowest BCUT2D eigenvalue weighted by molar-refractivity contribution is 0.0594. The number of fused-ring (bicyclic) bond motifs is 2. The van der Waals surface area contributed by atoms with E-state index in [1.54, 1.807) is 31.2 Å². The second-order valence-electron chi connectivity index (χ2n) is 7.59. The van der Waals surface area contributed by atoms with E-state index in [0.29, 0.717) is 39.8 Å². The molecule has 5 rings (SSSR count). The van der Waals surface area contributed by atoms with Gasteiger partial charge in [0.05, 0.1) is 17.2 Å². The molecule has 154 valence electrons. The number of aromatic nitrogens is 3. The predicted octanol–water partition coefficient (Wildman–Crippen LogP) is 4.05. The van der Waals surface area contributed by atoms with E-state index < -0.39 is 6.04 Å². The Labute approximate surface area is 178 Å². The van der Waals surface area contributed by atoms with E-state index in [9.17, 15) is 14.7 Å². The molecule has 0 bridgehead atoms. The number of carbonyl (C=O) groups is 2. The van der Waals surface area contributed by atoms with Crippen LogP contribution in [-0.4, -0.2) is 36.8 Å². The van der Waals surface area contributed by atoms with Crippen LogP contribution in [0.25, 0.3) is 16.7 Å². The number of imide groups is 1. The van der Waals surface area contributed by atoms with Crippen LogP contribution in [-0.2, 0) is 6.42 Å². The third-order valence-electron chi connectivity index (χ3n) is 5.75. The van der Waals surface area contributed by atoms with Gasteiger partial charge in [0, 0.05) is 5.56 Å². The summed E-state index contributed by atoms with van der Waals surface area (Å²) in [5, 5.41) is 20.1. The average Bonchev–Trinajstić information content (AvgIpc) is 3.33. The van der Waals surface area contributed by atoms with Gasteiger partial charge in [-0.05, 0) is 55.3 Å². The van der Waals surface area contributed by atoms with Gasteiger partial charge in [0.15, 0.2) is 0 Å². The summed E-state index contributed by atoms with van der Waals surface area (Å²) in [5.74, 6) is -0.778. The number of rotatable bonds is 4. The lowest BCUT2D eigenvalue weighted by Gasteiger charge is -2.25. The number of carbonyl (C=O) groups excluding carboxylic acids is 2. The molecule has 1 aromatic heterocycles. The molecule has 1 unspecified atom stereocenters. The third-order valence-corrected chi connectivity index (χ3v) is 5.75. The summed E-state index contributed by atoms with van der Waals surface area (Å²) in [5.41, 5.74) is 4.00. The lowest BCUT2D eigenvalue weighted by Crippen LogP contribution is -2.32. The van der Waals surface area contributed by atoms with Crippen LogP contribution in [0.3, 0.4) is 0 Å². The number of amides is 2. The minimum atomic E-state index is -0.664. The zero-order valence-electron chi connectivity index (χ0n) is 17.1. The minimum Gasteiger partial charge on any atom is -0.505 e. The molecule has 2 heterocycles. The molecule has 31 heavy (non-hydrogen) atoms. The van der Waals surface area contributed by atoms with Gasteiger partial charge in [0.1, 0.15) is 22.5 Å². The molecule has 7 heteroatoms. The quantitative estimate of drug-likeness (QED) is 0.511. The van der Waals surface area contributed by atoms with Crippen LogP contribution in [0.15, 0.2) is 60.7 Å². The highest BCUT2D eigenvalue weighted by Gasteiger charge is 2.39. The smallest absolute Gasteiger partial charge is 0.262 e. The number of aromatic hydroxyl groups is 1. The zero-order chi connectivity index (χ0) is 21.7. The van der Waals surface area contributed by atoms with E-state index in [2.05, 4.69) is 10.2 Å². The number of hydrogen-bond donors (Lipinski definition) is 1. The van der Waals surface area contributed by atoms with Gasteiger partial charge >= 0.3 is 0 Å². The van der Waals surface area contributed by atoms with E-state index in [-0.39, 0.29) is 17.6 Å². The molecule has 0 saturated carbocycles. The first-order valence-corrected chi connectivity index (χ1v) is 10.1. The molecule has 1 aliphatic heterocycles. The lowest BCUT2D eigenvalue weighted by atomic mass is 10.00. The first kappa shape index (κ1) is 19.0. The van der Waals surface area contributed by atoms with Crippen LogP contribution in [0.5, 0.6) is 5.75 Å². The van der Waals surface area contributed by atoms with Crippen molar-refractivity contribution >= 4 is 22.8 Å². The fourth-order valence-corrected chi connectivity index (χ4v) is 4.04. The minimum absolute atomic E-state index is 0.0541. The zero-order valence-corrected chi connectivity index (χ0v) is 17.1. The maximum atomic E-state index is 13.0. The number of phenolic OH excluding ortho intramolecular Hbond substituents is 1. The second-order valence-corrected chi connectivity index (χ2v) is 7.59. The van der Waals surface area contributed by atoms with Gasteiger partial charge in [0.25, 0.3) is 11.8 Å². The molecule has 0 radical (unpaired) electrons. The van der Waals surface area contributed by atoms with Gasteiger partial charge in [-0.25, -0.2) is 0 Å². The molecule has 4 aromatic rings. The normalized spacial score (nSPS) is 14.3. The Kier molecular flexibility index (Phi) is 4.32. The molecular formula is C24H20N4O3. The average molecular weight is 412 g/mol. The van der Waals surface area contributed by atoms with Gasteiger partial charge < -0.3 is 5.11 Å². The Balaban J connectivity index is 1.62.